The van der Waals surface area contributed by atoms with Gasteiger partial charge in [-0.2, -0.15) is 0 Å². The van der Waals surface area contributed by atoms with Crippen molar-refractivity contribution in [3.8, 4) is 0 Å². The van der Waals surface area contributed by atoms with Gasteiger partial charge in [0.05, 0.1) is 32.5 Å². The summed E-state index contributed by atoms with van der Waals surface area (Å²) in [6.45, 7) is 1.80. The average Bonchev–Trinajstić information content (AvgIpc) is 3.00. The zero-order valence-corrected chi connectivity index (χ0v) is 22.2. The van der Waals surface area contributed by atoms with Crippen molar-refractivity contribution >= 4 is 0 Å². The van der Waals surface area contributed by atoms with Crippen molar-refractivity contribution in [3.63, 3.8) is 0 Å². The minimum absolute atomic E-state index is 0.249. The molecule has 5 atom stereocenters. The molecule has 39 heavy (non-hydrogen) atoms. The summed E-state index contributed by atoms with van der Waals surface area (Å²) in [6, 6.07) is 40.4. The molecule has 1 aliphatic carbocycles. The van der Waals surface area contributed by atoms with Gasteiger partial charge in [-0.05, 0) is 28.7 Å². The van der Waals surface area contributed by atoms with Crippen LogP contribution in [-0.4, -0.2) is 30.5 Å². The Labute approximate surface area is 231 Å². The standard InChI is InChI=1S/C34H37NO4/c35-30-21-31(36-22-26-13-5-1-6-14-26)33(38-24-28-17-9-3-10-18-28)34(39-25-29-19-11-4-12-20-29)32(30)37-23-27-15-7-2-8-16-27/h1-20,30-34H,21-25,35H2/t30-,31+,32+,33-,34-/m1/s1. The maximum absolute atomic E-state index is 6.79. The van der Waals surface area contributed by atoms with Gasteiger partial charge in [0.25, 0.3) is 0 Å². The number of hydrogen-bond donors (Lipinski definition) is 1. The van der Waals surface area contributed by atoms with Crippen molar-refractivity contribution in [1.82, 2.24) is 0 Å². The molecule has 0 heterocycles. The van der Waals surface area contributed by atoms with Gasteiger partial charge in [-0.1, -0.05) is 121 Å². The van der Waals surface area contributed by atoms with E-state index in [0.717, 1.165) is 22.3 Å². The van der Waals surface area contributed by atoms with Gasteiger partial charge in [-0.25, -0.2) is 0 Å². The molecule has 5 heteroatoms. The molecule has 4 aromatic carbocycles. The van der Waals surface area contributed by atoms with Crippen LogP contribution < -0.4 is 5.73 Å². The highest BCUT2D eigenvalue weighted by molar-refractivity contribution is 5.17. The van der Waals surface area contributed by atoms with Crippen LogP contribution in [0.5, 0.6) is 0 Å². The minimum Gasteiger partial charge on any atom is -0.371 e. The van der Waals surface area contributed by atoms with E-state index in [2.05, 4.69) is 48.5 Å². The Bertz CT molecular complexity index is 1220. The van der Waals surface area contributed by atoms with Crippen LogP contribution in [0.4, 0.5) is 0 Å². The fourth-order valence-electron chi connectivity index (χ4n) is 5.03. The number of nitrogens with two attached hydrogens (primary N) is 1. The third kappa shape index (κ3) is 7.85. The van der Waals surface area contributed by atoms with Gasteiger partial charge in [0, 0.05) is 6.04 Å². The molecule has 5 nitrogen and oxygen atoms in total. The van der Waals surface area contributed by atoms with Crippen molar-refractivity contribution in [1.29, 1.82) is 0 Å². The van der Waals surface area contributed by atoms with Crippen LogP contribution in [-0.2, 0) is 45.4 Å². The van der Waals surface area contributed by atoms with E-state index in [1.54, 1.807) is 0 Å². The first-order chi connectivity index (χ1) is 19.3. The first kappa shape index (κ1) is 27.3. The highest BCUT2D eigenvalue weighted by Gasteiger charge is 2.46. The van der Waals surface area contributed by atoms with E-state index < -0.39 is 6.10 Å². The Hall–Kier alpha value is -3.32. The van der Waals surface area contributed by atoms with Crippen molar-refractivity contribution < 1.29 is 18.9 Å². The Kier molecular flexibility index (Phi) is 9.91. The predicted octanol–water partition coefficient (Wildman–Crippen LogP) is 6.06. The average molecular weight is 524 g/mol. The molecule has 0 spiro atoms. The Balaban J connectivity index is 1.38. The second kappa shape index (κ2) is 14.2. The van der Waals surface area contributed by atoms with E-state index in [4.69, 9.17) is 24.7 Å². The van der Waals surface area contributed by atoms with Gasteiger partial charge in [-0.15, -0.1) is 0 Å². The van der Waals surface area contributed by atoms with Gasteiger partial charge >= 0.3 is 0 Å². The second-order valence-corrected chi connectivity index (χ2v) is 10.0. The summed E-state index contributed by atoms with van der Waals surface area (Å²) >= 11 is 0. The van der Waals surface area contributed by atoms with Crippen LogP contribution in [0.15, 0.2) is 121 Å². The first-order valence-corrected chi connectivity index (χ1v) is 13.6. The summed E-state index contributed by atoms with van der Waals surface area (Å²) in [7, 11) is 0. The van der Waals surface area contributed by atoms with Crippen molar-refractivity contribution in [2.45, 2.75) is 63.3 Å². The predicted molar refractivity (Wildman–Crippen MR) is 153 cm³/mol. The minimum atomic E-state index is -0.415. The smallest absolute Gasteiger partial charge is 0.114 e. The molecule has 1 saturated carbocycles. The highest BCUT2D eigenvalue weighted by atomic mass is 16.6. The molecule has 2 N–H and O–H groups in total. The fourth-order valence-corrected chi connectivity index (χ4v) is 5.03. The molecule has 0 aromatic heterocycles. The van der Waals surface area contributed by atoms with Crippen LogP contribution >= 0.6 is 0 Å². The summed E-state index contributed by atoms with van der Waals surface area (Å²) in [5.74, 6) is 0. The maximum atomic E-state index is 6.79. The van der Waals surface area contributed by atoms with E-state index in [-0.39, 0.29) is 24.4 Å². The lowest BCUT2D eigenvalue weighted by molar-refractivity contribution is -0.218. The second-order valence-electron chi connectivity index (χ2n) is 10.0. The van der Waals surface area contributed by atoms with Crippen LogP contribution in [0.2, 0.25) is 0 Å². The van der Waals surface area contributed by atoms with Crippen LogP contribution in [0, 0.1) is 0 Å². The summed E-state index contributed by atoms with van der Waals surface area (Å²) < 4.78 is 26.2. The van der Waals surface area contributed by atoms with Crippen molar-refractivity contribution in [3.05, 3.63) is 144 Å². The molecule has 4 aromatic rings. The molecule has 0 bridgehead atoms. The third-order valence-electron chi connectivity index (χ3n) is 7.10. The van der Waals surface area contributed by atoms with Crippen LogP contribution in [0.25, 0.3) is 0 Å². The topological polar surface area (TPSA) is 62.9 Å². The maximum Gasteiger partial charge on any atom is 0.114 e. The molecule has 0 amide bonds. The normalized spacial score (nSPS) is 22.9. The molecule has 5 rings (SSSR count). The summed E-state index contributed by atoms with van der Waals surface area (Å²) in [6.07, 6.45) is -0.774. The van der Waals surface area contributed by atoms with Crippen LogP contribution in [0.3, 0.4) is 0 Å². The lowest BCUT2D eigenvalue weighted by Gasteiger charge is -2.45. The number of hydrogen-bond acceptors (Lipinski definition) is 5. The SMILES string of the molecule is N[C@@H]1C[C@H](OCc2ccccc2)[C@@H](OCc2ccccc2)[C@H](OCc2ccccc2)[C@H]1OCc1ccccc1. The molecule has 0 aliphatic heterocycles. The lowest BCUT2D eigenvalue weighted by Crippen LogP contribution is -2.61. The summed E-state index contributed by atoms with van der Waals surface area (Å²) in [4.78, 5) is 0. The summed E-state index contributed by atoms with van der Waals surface area (Å²) in [5.41, 5.74) is 11.2. The monoisotopic (exact) mass is 523 g/mol. The molecule has 0 saturated heterocycles. The lowest BCUT2D eigenvalue weighted by atomic mass is 9.85. The number of benzene rings is 4. The van der Waals surface area contributed by atoms with E-state index in [1.807, 2.05) is 72.8 Å². The van der Waals surface area contributed by atoms with Crippen LogP contribution in [0.1, 0.15) is 28.7 Å². The van der Waals surface area contributed by atoms with Gasteiger partial charge in [0.2, 0.25) is 0 Å². The van der Waals surface area contributed by atoms with Crippen molar-refractivity contribution in [2.75, 3.05) is 0 Å². The largest absolute Gasteiger partial charge is 0.371 e. The van der Waals surface area contributed by atoms with E-state index >= 15 is 0 Å². The Morgan fingerprint density at radius 2 is 0.769 bits per heavy atom. The van der Waals surface area contributed by atoms with Gasteiger partial charge < -0.3 is 24.7 Å². The van der Waals surface area contributed by atoms with E-state index in [1.165, 1.54) is 0 Å². The molecule has 0 unspecified atom stereocenters. The van der Waals surface area contributed by atoms with E-state index in [9.17, 15) is 0 Å². The molecule has 202 valence electrons. The molecule has 1 fully saturated rings. The summed E-state index contributed by atoms with van der Waals surface area (Å²) in [5, 5.41) is 0. The third-order valence-corrected chi connectivity index (χ3v) is 7.10. The van der Waals surface area contributed by atoms with Gasteiger partial charge in [0.1, 0.15) is 18.3 Å². The quantitative estimate of drug-likeness (QED) is 0.245. The molecule has 0 radical (unpaired) electrons. The molecular formula is C34H37NO4. The zero-order chi connectivity index (χ0) is 26.7. The van der Waals surface area contributed by atoms with E-state index in [0.29, 0.717) is 32.8 Å². The number of ether oxygens (including phenoxy) is 4. The Morgan fingerprint density at radius 3 is 1.18 bits per heavy atom. The van der Waals surface area contributed by atoms with Crippen molar-refractivity contribution in [2.24, 2.45) is 5.73 Å². The molecule has 1 aliphatic rings. The zero-order valence-electron chi connectivity index (χ0n) is 22.2. The highest BCUT2D eigenvalue weighted by Crippen LogP contribution is 2.31. The molecular weight excluding hydrogens is 486 g/mol. The first-order valence-electron chi connectivity index (χ1n) is 13.6. The Morgan fingerprint density at radius 1 is 0.436 bits per heavy atom. The van der Waals surface area contributed by atoms with Gasteiger partial charge in [-0.3, -0.25) is 0 Å². The van der Waals surface area contributed by atoms with Gasteiger partial charge in [0.15, 0.2) is 0 Å². The fraction of sp³-hybridized carbons (Fsp3) is 0.294. The number of rotatable bonds is 12.